The van der Waals surface area contributed by atoms with Gasteiger partial charge >= 0.3 is 0 Å². The van der Waals surface area contributed by atoms with E-state index in [1.165, 1.54) is 5.56 Å². The van der Waals surface area contributed by atoms with Crippen molar-refractivity contribution in [3.63, 3.8) is 0 Å². The Morgan fingerprint density at radius 1 is 1.17 bits per heavy atom. The van der Waals surface area contributed by atoms with Crippen molar-refractivity contribution in [2.24, 2.45) is 5.92 Å². The predicted octanol–water partition coefficient (Wildman–Crippen LogP) is 3.73. The van der Waals surface area contributed by atoms with Gasteiger partial charge in [-0.3, -0.25) is 0 Å². The van der Waals surface area contributed by atoms with Crippen LogP contribution >= 0.6 is 0 Å². The first-order valence-corrected chi connectivity index (χ1v) is 6.82. The number of ether oxygens (including phenoxy) is 1. The van der Waals surface area contributed by atoms with Crippen LogP contribution < -0.4 is 0 Å². The van der Waals surface area contributed by atoms with Crippen molar-refractivity contribution in [2.75, 3.05) is 7.11 Å². The van der Waals surface area contributed by atoms with E-state index >= 15 is 0 Å². The fraction of sp³-hybridized carbons (Fsp3) is 0.625. The molecule has 1 rings (SSSR count). The van der Waals surface area contributed by atoms with Crippen LogP contribution in [0.15, 0.2) is 24.3 Å². The zero-order chi connectivity index (χ0) is 13.5. The Kier molecular flexibility index (Phi) is 6.37. The number of hydrogen-bond donors (Lipinski definition) is 1. The number of benzene rings is 1. The van der Waals surface area contributed by atoms with Gasteiger partial charge in [0, 0.05) is 7.11 Å². The van der Waals surface area contributed by atoms with E-state index in [0.717, 1.165) is 24.8 Å². The second kappa shape index (κ2) is 7.55. The topological polar surface area (TPSA) is 29.5 Å². The number of methoxy groups -OCH3 is 1. The van der Waals surface area contributed by atoms with Crippen molar-refractivity contribution < 1.29 is 9.84 Å². The Hall–Kier alpha value is -0.860. The molecule has 0 radical (unpaired) electrons. The minimum atomic E-state index is -0.380. The first-order valence-electron chi connectivity index (χ1n) is 6.82. The molecular weight excluding hydrogens is 224 g/mol. The Bertz CT molecular complexity index is 347. The normalized spacial score (nSPS) is 14.8. The Labute approximate surface area is 111 Å². The van der Waals surface area contributed by atoms with Gasteiger partial charge in [-0.15, -0.1) is 0 Å². The van der Waals surface area contributed by atoms with E-state index in [0.29, 0.717) is 5.92 Å². The molecule has 1 N–H and O–H groups in total. The van der Waals surface area contributed by atoms with Gasteiger partial charge in [0.25, 0.3) is 0 Å². The van der Waals surface area contributed by atoms with Crippen molar-refractivity contribution in [1.29, 1.82) is 0 Å². The zero-order valence-corrected chi connectivity index (χ0v) is 12.0. The van der Waals surface area contributed by atoms with Crippen LogP contribution in [0, 0.1) is 5.92 Å². The molecule has 0 aliphatic rings. The molecule has 0 bridgehead atoms. The van der Waals surface area contributed by atoms with E-state index in [4.69, 9.17) is 4.74 Å². The minimum absolute atomic E-state index is 0.207. The summed E-state index contributed by atoms with van der Waals surface area (Å²) in [7, 11) is 1.71. The van der Waals surface area contributed by atoms with E-state index in [1.54, 1.807) is 7.11 Å². The molecule has 0 aliphatic carbocycles. The van der Waals surface area contributed by atoms with Gasteiger partial charge in [-0.05, 0) is 43.2 Å². The predicted molar refractivity (Wildman–Crippen MR) is 75.6 cm³/mol. The molecule has 0 heterocycles. The Balaban J connectivity index is 2.59. The van der Waals surface area contributed by atoms with E-state index in [-0.39, 0.29) is 12.2 Å². The number of aliphatic hydroxyl groups is 1. The third-order valence-electron chi connectivity index (χ3n) is 3.23. The molecule has 0 amide bonds. The lowest BCUT2D eigenvalue weighted by Crippen LogP contribution is -2.08. The quantitative estimate of drug-likeness (QED) is 0.799. The van der Waals surface area contributed by atoms with Crippen LogP contribution in [0.25, 0.3) is 0 Å². The van der Waals surface area contributed by atoms with Crippen LogP contribution in [0.5, 0.6) is 0 Å². The molecule has 0 saturated carbocycles. The molecule has 2 heteroatoms. The fourth-order valence-electron chi connectivity index (χ4n) is 2.08. The number of rotatable bonds is 7. The maximum absolute atomic E-state index is 10.2. The van der Waals surface area contributed by atoms with Crippen molar-refractivity contribution >= 4 is 0 Å². The number of hydrogen-bond acceptors (Lipinski definition) is 2. The summed E-state index contributed by atoms with van der Waals surface area (Å²) in [4.78, 5) is 0. The van der Waals surface area contributed by atoms with Crippen molar-refractivity contribution in [1.82, 2.24) is 0 Å². The highest BCUT2D eigenvalue weighted by molar-refractivity contribution is 5.25. The maximum atomic E-state index is 10.2. The Morgan fingerprint density at radius 3 is 2.50 bits per heavy atom. The van der Waals surface area contributed by atoms with Crippen molar-refractivity contribution in [2.45, 2.75) is 52.2 Å². The molecule has 1 aromatic rings. The van der Waals surface area contributed by atoms with Crippen LogP contribution in [-0.4, -0.2) is 18.3 Å². The second-order valence-corrected chi connectivity index (χ2v) is 5.48. The van der Waals surface area contributed by atoms with Gasteiger partial charge in [-0.25, -0.2) is 0 Å². The molecular formula is C16H26O2. The highest BCUT2D eigenvalue weighted by Crippen LogP contribution is 2.21. The van der Waals surface area contributed by atoms with Gasteiger partial charge in [0.2, 0.25) is 0 Å². The van der Waals surface area contributed by atoms with E-state index < -0.39 is 0 Å². The molecule has 1 aromatic carbocycles. The van der Waals surface area contributed by atoms with Crippen LogP contribution in [0.4, 0.5) is 0 Å². The molecule has 2 unspecified atom stereocenters. The van der Waals surface area contributed by atoms with Gasteiger partial charge in [0.15, 0.2) is 0 Å². The Morgan fingerprint density at radius 2 is 1.89 bits per heavy atom. The highest BCUT2D eigenvalue weighted by Gasteiger charge is 2.10. The summed E-state index contributed by atoms with van der Waals surface area (Å²) in [6.45, 7) is 6.45. The van der Waals surface area contributed by atoms with Gasteiger partial charge in [0.1, 0.15) is 0 Å². The van der Waals surface area contributed by atoms with Crippen LogP contribution in [0.1, 0.15) is 50.8 Å². The second-order valence-electron chi connectivity index (χ2n) is 5.48. The summed E-state index contributed by atoms with van der Waals surface area (Å²) in [6.07, 6.45) is 2.52. The molecule has 102 valence electrons. The van der Waals surface area contributed by atoms with Crippen LogP contribution in [0.3, 0.4) is 0 Å². The van der Waals surface area contributed by atoms with Crippen LogP contribution in [-0.2, 0) is 11.2 Å². The lowest BCUT2D eigenvalue weighted by molar-refractivity contribution is 0.0851. The van der Waals surface area contributed by atoms with E-state index in [9.17, 15) is 5.11 Å². The number of aliphatic hydroxyl groups excluding tert-OH is 1. The highest BCUT2D eigenvalue weighted by atomic mass is 16.5. The largest absolute Gasteiger partial charge is 0.388 e. The van der Waals surface area contributed by atoms with E-state index in [2.05, 4.69) is 26.0 Å². The first-order chi connectivity index (χ1) is 8.52. The third kappa shape index (κ3) is 5.19. The van der Waals surface area contributed by atoms with Crippen LogP contribution in [0.2, 0.25) is 0 Å². The molecule has 0 fully saturated rings. The summed E-state index contributed by atoms with van der Waals surface area (Å²) in [6, 6.07) is 8.30. The maximum Gasteiger partial charge on any atom is 0.0791 e. The summed E-state index contributed by atoms with van der Waals surface area (Å²) >= 11 is 0. The average molecular weight is 250 g/mol. The first kappa shape index (κ1) is 15.2. The van der Waals surface area contributed by atoms with Crippen molar-refractivity contribution in [3.8, 4) is 0 Å². The summed E-state index contributed by atoms with van der Waals surface area (Å²) < 4.78 is 5.20. The molecule has 2 nitrogen and oxygen atoms in total. The molecule has 0 aliphatic heterocycles. The van der Waals surface area contributed by atoms with Gasteiger partial charge in [-0.1, -0.05) is 38.1 Å². The fourth-order valence-corrected chi connectivity index (χ4v) is 2.08. The lowest BCUT2D eigenvalue weighted by atomic mass is 9.97. The summed E-state index contributed by atoms with van der Waals surface area (Å²) in [5.74, 6) is 0.644. The average Bonchev–Trinajstić information content (AvgIpc) is 2.35. The molecule has 0 spiro atoms. The van der Waals surface area contributed by atoms with Gasteiger partial charge in [-0.2, -0.15) is 0 Å². The van der Waals surface area contributed by atoms with E-state index in [1.807, 2.05) is 19.1 Å². The smallest absolute Gasteiger partial charge is 0.0791 e. The van der Waals surface area contributed by atoms with Gasteiger partial charge < -0.3 is 9.84 Å². The zero-order valence-electron chi connectivity index (χ0n) is 12.0. The summed E-state index contributed by atoms with van der Waals surface area (Å²) in [5, 5.41) is 10.2. The van der Waals surface area contributed by atoms with Gasteiger partial charge in [0.05, 0.1) is 12.2 Å². The molecule has 0 saturated heterocycles. The molecule has 0 aromatic heterocycles. The minimum Gasteiger partial charge on any atom is -0.388 e. The summed E-state index contributed by atoms with van der Waals surface area (Å²) in [5.41, 5.74) is 2.33. The SMILES string of the molecule is COC(C)CCC(O)c1cccc(CC(C)C)c1. The standard InChI is InChI=1S/C16H26O2/c1-12(2)10-14-6-5-7-15(11-14)16(17)9-8-13(3)18-4/h5-7,11-13,16-17H,8-10H2,1-4H3. The third-order valence-corrected chi connectivity index (χ3v) is 3.23. The molecule has 2 atom stereocenters. The monoisotopic (exact) mass is 250 g/mol. The molecule has 18 heavy (non-hydrogen) atoms. The lowest BCUT2D eigenvalue weighted by Gasteiger charge is -2.15. The van der Waals surface area contributed by atoms with Crippen molar-refractivity contribution in [3.05, 3.63) is 35.4 Å².